The van der Waals surface area contributed by atoms with Crippen LogP contribution in [0.4, 0.5) is 0 Å². The topological polar surface area (TPSA) is 84.2 Å². The molecule has 0 unspecified atom stereocenters. The summed E-state index contributed by atoms with van der Waals surface area (Å²) in [5.41, 5.74) is 1.89. The first-order valence-corrected chi connectivity index (χ1v) is 9.28. The molecule has 7 heteroatoms. The molecule has 0 aliphatic heterocycles. The molecular formula is C19H25N3O3S. The fourth-order valence-corrected chi connectivity index (χ4v) is 2.60. The molecule has 0 aliphatic rings. The predicted molar refractivity (Wildman–Crippen MR) is 104 cm³/mol. The molecule has 1 heterocycles. The number of thiol groups is 1. The average Bonchev–Trinajstić information content (AvgIpc) is 3.02. The lowest BCUT2D eigenvalue weighted by Crippen LogP contribution is -2.30. The summed E-state index contributed by atoms with van der Waals surface area (Å²) in [6.07, 6.45) is 2.61. The summed E-state index contributed by atoms with van der Waals surface area (Å²) in [5, 5.41) is 9.46. The number of benzene rings is 1. The first kappa shape index (κ1) is 20.0. The second kappa shape index (κ2) is 10.0. The molecule has 0 bridgehead atoms. The van der Waals surface area contributed by atoms with Gasteiger partial charge in [-0.3, -0.25) is 9.59 Å². The van der Waals surface area contributed by atoms with Gasteiger partial charge < -0.3 is 15.2 Å². The van der Waals surface area contributed by atoms with Gasteiger partial charge in [0.25, 0.3) is 5.91 Å². The van der Waals surface area contributed by atoms with Gasteiger partial charge in [-0.15, -0.1) is 0 Å². The third kappa shape index (κ3) is 5.62. The lowest BCUT2D eigenvalue weighted by Gasteiger charge is -2.08. The molecule has 0 radical (unpaired) electrons. The fourth-order valence-electron chi connectivity index (χ4n) is 2.51. The van der Waals surface area contributed by atoms with E-state index in [0.29, 0.717) is 30.1 Å². The second-order valence-electron chi connectivity index (χ2n) is 6.11. The quantitative estimate of drug-likeness (QED) is 0.465. The smallest absolute Gasteiger partial charge is 0.257 e. The zero-order chi connectivity index (χ0) is 18.9. The summed E-state index contributed by atoms with van der Waals surface area (Å²) in [7, 11) is 0. The maximum atomic E-state index is 12.5. The van der Waals surface area contributed by atoms with Crippen molar-refractivity contribution in [2.45, 2.75) is 38.4 Å². The summed E-state index contributed by atoms with van der Waals surface area (Å²) in [4.78, 5) is 23.9. The minimum absolute atomic E-state index is 0.0574. The Morgan fingerprint density at radius 1 is 1.12 bits per heavy atom. The number of nitrogens with zero attached hydrogens (tertiary/aromatic N) is 1. The van der Waals surface area contributed by atoms with Crippen LogP contribution in [0.1, 0.15) is 42.3 Å². The molecule has 2 aromatic rings. The fraction of sp³-hybridized carbons (Fsp3) is 0.421. The van der Waals surface area contributed by atoms with Crippen molar-refractivity contribution in [3.8, 4) is 11.3 Å². The molecule has 2 rings (SSSR count). The predicted octanol–water partition coefficient (Wildman–Crippen LogP) is 2.98. The average molecular weight is 375 g/mol. The zero-order valence-corrected chi connectivity index (χ0v) is 16.0. The Kier molecular flexibility index (Phi) is 7.72. The van der Waals surface area contributed by atoms with Gasteiger partial charge in [0.05, 0.1) is 5.25 Å². The number of nitrogens with one attached hydrogen (secondary N) is 2. The van der Waals surface area contributed by atoms with E-state index in [1.807, 2.05) is 30.3 Å². The monoisotopic (exact) mass is 375 g/mol. The third-order valence-electron chi connectivity index (χ3n) is 3.95. The summed E-state index contributed by atoms with van der Waals surface area (Å²) < 4.78 is 5.22. The number of aryl methyl sites for hydroxylation is 1. The van der Waals surface area contributed by atoms with Gasteiger partial charge in [0.15, 0.2) is 0 Å². The van der Waals surface area contributed by atoms with Crippen LogP contribution in [0.3, 0.4) is 0 Å². The van der Waals surface area contributed by atoms with Crippen molar-refractivity contribution >= 4 is 24.4 Å². The number of carbonyl (C=O) groups is 2. The molecule has 2 N–H and O–H groups in total. The van der Waals surface area contributed by atoms with Crippen LogP contribution in [-0.2, 0) is 4.79 Å². The van der Waals surface area contributed by atoms with E-state index in [1.165, 1.54) is 0 Å². The van der Waals surface area contributed by atoms with E-state index in [2.05, 4.69) is 28.4 Å². The number of unbranched alkanes of at least 4 members (excludes halogenated alkanes) is 2. The molecule has 26 heavy (non-hydrogen) atoms. The molecule has 6 nitrogen and oxygen atoms in total. The van der Waals surface area contributed by atoms with Crippen LogP contribution in [0.5, 0.6) is 0 Å². The molecule has 1 aromatic heterocycles. The minimum atomic E-state index is -0.292. The number of carbonyl (C=O) groups excluding carboxylic acids is 2. The Labute approximate surface area is 159 Å². The molecule has 0 spiro atoms. The molecular weight excluding hydrogens is 350 g/mol. The van der Waals surface area contributed by atoms with Gasteiger partial charge >= 0.3 is 0 Å². The van der Waals surface area contributed by atoms with Crippen LogP contribution < -0.4 is 10.6 Å². The van der Waals surface area contributed by atoms with E-state index in [9.17, 15) is 9.59 Å². The Balaban J connectivity index is 1.77. The second-order valence-corrected chi connectivity index (χ2v) is 6.89. The van der Waals surface area contributed by atoms with Crippen molar-refractivity contribution in [3.63, 3.8) is 0 Å². The number of rotatable bonds is 9. The summed E-state index contributed by atoms with van der Waals surface area (Å²) >= 11 is 4.07. The highest BCUT2D eigenvalue weighted by molar-refractivity contribution is 7.81. The minimum Gasteiger partial charge on any atom is -0.360 e. The first-order chi connectivity index (χ1) is 12.5. The van der Waals surface area contributed by atoms with Crippen molar-refractivity contribution in [3.05, 3.63) is 41.7 Å². The molecule has 1 aromatic carbocycles. The summed E-state index contributed by atoms with van der Waals surface area (Å²) in [6, 6.07) is 9.50. The van der Waals surface area contributed by atoms with Crippen molar-refractivity contribution in [2.75, 3.05) is 13.1 Å². The molecule has 0 fully saturated rings. The SMILES string of the molecule is Cc1onc(-c2ccccc2)c1C(=O)NCCCCCNC(=O)[C@H](C)S. The maximum absolute atomic E-state index is 12.5. The van der Waals surface area contributed by atoms with Gasteiger partial charge in [-0.1, -0.05) is 35.5 Å². The van der Waals surface area contributed by atoms with Gasteiger partial charge in [-0.25, -0.2) is 0 Å². The zero-order valence-electron chi connectivity index (χ0n) is 15.1. The van der Waals surface area contributed by atoms with Crippen LogP contribution >= 0.6 is 12.6 Å². The van der Waals surface area contributed by atoms with Gasteiger partial charge in [-0.05, 0) is 33.1 Å². The molecule has 2 amide bonds. The highest BCUT2D eigenvalue weighted by atomic mass is 32.1. The van der Waals surface area contributed by atoms with Crippen LogP contribution in [-0.4, -0.2) is 35.3 Å². The Bertz CT molecular complexity index is 729. The van der Waals surface area contributed by atoms with Crippen molar-refractivity contribution in [1.29, 1.82) is 0 Å². The molecule has 140 valence electrons. The number of hydrogen-bond donors (Lipinski definition) is 3. The third-order valence-corrected chi connectivity index (χ3v) is 4.19. The van der Waals surface area contributed by atoms with Crippen molar-refractivity contribution < 1.29 is 14.1 Å². The molecule has 0 saturated heterocycles. The summed E-state index contributed by atoms with van der Waals surface area (Å²) in [6.45, 7) is 4.67. The largest absolute Gasteiger partial charge is 0.360 e. The highest BCUT2D eigenvalue weighted by Gasteiger charge is 2.20. The lowest BCUT2D eigenvalue weighted by molar-refractivity contribution is -0.120. The van der Waals surface area contributed by atoms with E-state index >= 15 is 0 Å². The van der Waals surface area contributed by atoms with Crippen LogP contribution in [0.2, 0.25) is 0 Å². The Hall–Kier alpha value is -2.28. The Morgan fingerprint density at radius 3 is 2.42 bits per heavy atom. The van der Waals surface area contributed by atoms with E-state index in [0.717, 1.165) is 24.8 Å². The first-order valence-electron chi connectivity index (χ1n) is 8.76. The van der Waals surface area contributed by atoms with Gasteiger partial charge in [0.2, 0.25) is 5.91 Å². The maximum Gasteiger partial charge on any atom is 0.257 e. The van der Waals surface area contributed by atoms with Crippen LogP contribution in [0.15, 0.2) is 34.9 Å². The highest BCUT2D eigenvalue weighted by Crippen LogP contribution is 2.24. The number of amides is 2. The van der Waals surface area contributed by atoms with E-state index in [4.69, 9.17) is 4.52 Å². The Morgan fingerprint density at radius 2 is 1.77 bits per heavy atom. The molecule has 0 saturated carbocycles. The van der Waals surface area contributed by atoms with E-state index in [1.54, 1.807) is 13.8 Å². The standard InChI is InChI=1S/C19H25N3O3S/c1-13-16(17(22-25-13)15-9-5-3-6-10-15)19(24)21-12-8-4-7-11-20-18(23)14(2)26/h3,5-6,9-10,14,26H,4,7-8,11-12H2,1-2H3,(H,20,23)(H,21,24)/t14-/m0/s1. The van der Waals surface area contributed by atoms with Gasteiger partial charge in [0.1, 0.15) is 17.0 Å². The normalized spacial score (nSPS) is 11.8. The lowest BCUT2D eigenvalue weighted by atomic mass is 10.1. The van der Waals surface area contributed by atoms with E-state index < -0.39 is 0 Å². The van der Waals surface area contributed by atoms with Gasteiger partial charge in [0, 0.05) is 18.7 Å². The van der Waals surface area contributed by atoms with E-state index in [-0.39, 0.29) is 17.1 Å². The molecule has 0 aliphatic carbocycles. The number of hydrogen-bond acceptors (Lipinski definition) is 5. The van der Waals surface area contributed by atoms with Crippen molar-refractivity contribution in [2.24, 2.45) is 0 Å². The van der Waals surface area contributed by atoms with Crippen LogP contribution in [0, 0.1) is 6.92 Å². The van der Waals surface area contributed by atoms with Crippen LogP contribution in [0.25, 0.3) is 11.3 Å². The number of aromatic nitrogens is 1. The summed E-state index contributed by atoms with van der Waals surface area (Å²) in [5.74, 6) is 0.266. The van der Waals surface area contributed by atoms with Gasteiger partial charge in [-0.2, -0.15) is 12.6 Å². The van der Waals surface area contributed by atoms with Crippen molar-refractivity contribution in [1.82, 2.24) is 15.8 Å². The molecule has 1 atom stereocenters.